The van der Waals surface area contributed by atoms with E-state index < -0.39 is 0 Å². The van der Waals surface area contributed by atoms with Crippen LogP contribution in [0.25, 0.3) is 0 Å². The fraction of sp³-hybridized carbons (Fsp3) is 0.700. The van der Waals surface area contributed by atoms with Gasteiger partial charge in [-0.25, -0.2) is 0 Å². The van der Waals surface area contributed by atoms with Crippen molar-refractivity contribution in [3.8, 4) is 5.88 Å². The van der Waals surface area contributed by atoms with Crippen LogP contribution in [0, 0.1) is 5.92 Å². The summed E-state index contributed by atoms with van der Waals surface area (Å²) in [6.45, 7) is 5.57. The molecular weight excluding hydrogens is 196 g/mol. The van der Waals surface area contributed by atoms with Gasteiger partial charge in [-0.05, 0) is 18.8 Å². The molecule has 0 aliphatic carbocycles. The third-order valence-electron chi connectivity index (χ3n) is 2.79. The van der Waals surface area contributed by atoms with Gasteiger partial charge in [0, 0.05) is 12.6 Å². The van der Waals surface area contributed by atoms with E-state index in [1.54, 1.807) is 5.38 Å². The molecule has 2 rings (SSSR count). The summed E-state index contributed by atoms with van der Waals surface area (Å²) in [5.41, 5.74) is 0. The van der Waals surface area contributed by atoms with Crippen LogP contribution >= 0.6 is 11.3 Å². The predicted molar refractivity (Wildman–Crippen MR) is 59.0 cm³/mol. The van der Waals surface area contributed by atoms with Crippen LogP contribution in [0.2, 0.25) is 0 Å². The molecule has 78 valence electrons. The lowest BCUT2D eigenvalue weighted by atomic mass is 10.0. The quantitative estimate of drug-likeness (QED) is 0.818. The molecule has 1 fully saturated rings. The maximum absolute atomic E-state index is 9.21. The second-order valence-electron chi connectivity index (χ2n) is 4.14. The highest BCUT2D eigenvalue weighted by Gasteiger charge is 2.28. The number of rotatable bonds is 2. The van der Waals surface area contributed by atoms with E-state index >= 15 is 0 Å². The first-order valence-corrected chi connectivity index (χ1v) is 5.97. The topological polar surface area (TPSA) is 36.4 Å². The first kappa shape index (κ1) is 9.77. The van der Waals surface area contributed by atoms with Crippen LogP contribution in [0.4, 0.5) is 5.13 Å². The Morgan fingerprint density at radius 3 is 3.00 bits per heavy atom. The Bertz CT molecular complexity index is 311. The van der Waals surface area contributed by atoms with Gasteiger partial charge in [-0.15, -0.1) is 11.3 Å². The van der Waals surface area contributed by atoms with Crippen molar-refractivity contribution in [2.45, 2.75) is 32.7 Å². The van der Waals surface area contributed by atoms with Crippen molar-refractivity contribution in [2.75, 3.05) is 11.4 Å². The van der Waals surface area contributed by atoms with Crippen molar-refractivity contribution in [1.29, 1.82) is 0 Å². The van der Waals surface area contributed by atoms with Crippen LogP contribution < -0.4 is 4.90 Å². The summed E-state index contributed by atoms with van der Waals surface area (Å²) in [6, 6.07) is 0.598. The van der Waals surface area contributed by atoms with Gasteiger partial charge in [-0.3, -0.25) is 0 Å². The summed E-state index contributed by atoms with van der Waals surface area (Å²) in [5.74, 6) is 0.808. The molecule has 1 unspecified atom stereocenters. The van der Waals surface area contributed by atoms with Crippen molar-refractivity contribution < 1.29 is 5.11 Å². The van der Waals surface area contributed by atoms with Gasteiger partial charge in [-0.1, -0.05) is 13.8 Å². The molecule has 1 aromatic rings. The van der Waals surface area contributed by atoms with Crippen molar-refractivity contribution in [3.63, 3.8) is 0 Å². The lowest BCUT2D eigenvalue weighted by molar-refractivity contribution is 0.454. The Labute approximate surface area is 88.4 Å². The van der Waals surface area contributed by atoms with Crippen LogP contribution in [0.5, 0.6) is 5.88 Å². The Morgan fingerprint density at radius 2 is 2.43 bits per heavy atom. The van der Waals surface area contributed by atoms with Crippen molar-refractivity contribution in [2.24, 2.45) is 5.92 Å². The molecule has 0 amide bonds. The maximum Gasteiger partial charge on any atom is 0.223 e. The normalized spacial score (nSPS) is 22.2. The van der Waals surface area contributed by atoms with E-state index in [0.29, 0.717) is 12.0 Å². The van der Waals surface area contributed by atoms with Gasteiger partial charge in [-0.2, -0.15) is 4.98 Å². The zero-order chi connectivity index (χ0) is 10.1. The smallest absolute Gasteiger partial charge is 0.223 e. The summed E-state index contributed by atoms with van der Waals surface area (Å²) in [6.07, 6.45) is 2.49. The fourth-order valence-corrected chi connectivity index (χ4v) is 2.88. The largest absolute Gasteiger partial charge is 0.493 e. The minimum Gasteiger partial charge on any atom is -0.493 e. The molecule has 1 aliphatic heterocycles. The number of aromatic hydroxyl groups is 1. The standard InChI is InChI=1S/C10H16N2OS/c1-7(2)8-4-3-5-12(8)10-11-9(13)6-14-10/h6-8,13H,3-5H2,1-2H3. The maximum atomic E-state index is 9.21. The molecule has 0 saturated carbocycles. The Balaban J connectivity index is 2.17. The summed E-state index contributed by atoms with van der Waals surface area (Å²) in [5, 5.41) is 11.9. The molecule has 0 bridgehead atoms. The SMILES string of the molecule is CC(C)C1CCCN1c1nc(O)cs1. The monoisotopic (exact) mass is 212 g/mol. The molecule has 0 aromatic carbocycles. The lowest BCUT2D eigenvalue weighted by Gasteiger charge is -2.26. The predicted octanol–water partition coefficient (Wildman–Crippen LogP) is 2.47. The van der Waals surface area contributed by atoms with E-state index in [0.717, 1.165) is 11.7 Å². The minimum atomic E-state index is 0.152. The number of hydrogen-bond donors (Lipinski definition) is 1. The molecule has 0 spiro atoms. The number of nitrogens with zero attached hydrogens (tertiary/aromatic N) is 2. The first-order chi connectivity index (χ1) is 6.68. The molecule has 1 atom stereocenters. The molecule has 14 heavy (non-hydrogen) atoms. The van der Waals surface area contributed by atoms with Gasteiger partial charge in [0.1, 0.15) is 0 Å². The molecule has 1 saturated heterocycles. The summed E-state index contributed by atoms with van der Waals surface area (Å²) in [7, 11) is 0. The van der Waals surface area contributed by atoms with E-state index in [1.807, 2.05) is 0 Å². The highest BCUT2D eigenvalue weighted by molar-refractivity contribution is 7.13. The van der Waals surface area contributed by atoms with Crippen molar-refractivity contribution >= 4 is 16.5 Å². The second-order valence-corrected chi connectivity index (χ2v) is 4.97. The van der Waals surface area contributed by atoms with Gasteiger partial charge in [0.25, 0.3) is 0 Å². The average Bonchev–Trinajstić information content (AvgIpc) is 2.70. The zero-order valence-corrected chi connectivity index (χ0v) is 9.42. The molecule has 1 N–H and O–H groups in total. The molecule has 0 radical (unpaired) electrons. The Kier molecular flexibility index (Phi) is 2.63. The lowest BCUT2D eigenvalue weighted by Crippen LogP contribution is -2.33. The third kappa shape index (κ3) is 1.71. The van der Waals surface area contributed by atoms with E-state index in [-0.39, 0.29) is 5.88 Å². The molecule has 1 aromatic heterocycles. The van der Waals surface area contributed by atoms with Crippen LogP contribution in [0.1, 0.15) is 26.7 Å². The average molecular weight is 212 g/mol. The zero-order valence-electron chi connectivity index (χ0n) is 8.60. The molecular formula is C10H16N2OS. The van der Waals surface area contributed by atoms with E-state index in [2.05, 4.69) is 23.7 Å². The summed E-state index contributed by atoms with van der Waals surface area (Å²) >= 11 is 1.53. The van der Waals surface area contributed by atoms with Crippen LogP contribution in [0.15, 0.2) is 5.38 Å². The minimum absolute atomic E-state index is 0.152. The van der Waals surface area contributed by atoms with E-state index in [1.165, 1.54) is 24.2 Å². The van der Waals surface area contributed by atoms with Crippen LogP contribution in [-0.2, 0) is 0 Å². The number of aromatic nitrogens is 1. The van der Waals surface area contributed by atoms with Crippen molar-refractivity contribution in [1.82, 2.24) is 4.98 Å². The Morgan fingerprint density at radius 1 is 1.64 bits per heavy atom. The van der Waals surface area contributed by atoms with Gasteiger partial charge in [0.2, 0.25) is 5.88 Å². The third-order valence-corrected chi connectivity index (χ3v) is 3.66. The summed E-state index contributed by atoms with van der Waals surface area (Å²) in [4.78, 5) is 6.45. The highest BCUT2D eigenvalue weighted by atomic mass is 32.1. The van der Waals surface area contributed by atoms with Gasteiger partial charge < -0.3 is 10.0 Å². The van der Waals surface area contributed by atoms with Crippen LogP contribution in [0.3, 0.4) is 0 Å². The Hall–Kier alpha value is -0.770. The summed E-state index contributed by atoms with van der Waals surface area (Å²) < 4.78 is 0. The highest BCUT2D eigenvalue weighted by Crippen LogP contribution is 2.33. The molecule has 2 heterocycles. The number of hydrogen-bond acceptors (Lipinski definition) is 4. The second kappa shape index (κ2) is 3.77. The first-order valence-electron chi connectivity index (χ1n) is 5.09. The molecule has 4 heteroatoms. The molecule has 3 nitrogen and oxygen atoms in total. The van der Waals surface area contributed by atoms with Crippen molar-refractivity contribution in [3.05, 3.63) is 5.38 Å². The van der Waals surface area contributed by atoms with E-state index in [4.69, 9.17) is 0 Å². The van der Waals surface area contributed by atoms with Gasteiger partial charge in [0.05, 0.1) is 5.38 Å². The van der Waals surface area contributed by atoms with Crippen LogP contribution in [-0.4, -0.2) is 22.7 Å². The van der Waals surface area contributed by atoms with Gasteiger partial charge in [0.15, 0.2) is 5.13 Å². The van der Waals surface area contributed by atoms with Gasteiger partial charge >= 0.3 is 0 Å². The number of anilines is 1. The molecule has 1 aliphatic rings. The fourth-order valence-electron chi connectivity index (χ4n) is 2.11. The number of thiazole rings is 1. The van der Waals surface area contributed by atoms with E-state index in [9.17, 15) is 5.11 Å².